The minimum Gasteiger partial charge on any atom is -0.496 e. The number of carbonyl (C=O) groups is 1. The van der Waals surface area contributed by atoms with E-state index in [-0.39, 0.29) is 22.0 Å². The fraction of sp³-hybridized carbons (Fsp3) is 0.129. The molecule has 6 rings (SSSR count). The maximum absolute atomic E-state index is 13.4. The fourth-order valence-corrected chi connectivity index (χ4v) is 4.90. The van der Waals surface area contributed by atoms with Crippen LogP contribution in [0.2, 0.25) is 5.02 Å². The molecule has 10 nitrogen and oxygen atoms in total. The van der Waals surface area contributed by atoms with Gasteiger partial charge in [0.25, 0.3) is 11.5 Å². The number of benzene rings is 3. The lowest BCUT2D eigenvalue weighted by Crippen LogP contribution is -2.29. The van der Waals surface area contributed by atoms with Gasteiger partial charge in [-0.05, 0) is 48.5 Å². The molecule has 0 saturated carbocycles. The third kappa shape index (κ3) is 5.26. The number of nitrogens with one attached hydrogen (secondary N) is 1. The monoisotopic (exact) mass is 603 g/mol. The summed E-state index contributed by atoms with van der Waals surface area (Å²) in [5.41, 5.74) is 0.280. The molecule has 3 heterocycles. The fourth-order valence-electron chi connectivity index (χ4n) is 4.69. The van der Waals surface area contributed by atoms with Crippen LogP contribution >= 0.6 is 11.6 Å². The van der Waals surface area contributed by atoms with E-state index in [0.29, 0.717) is 58.6 Å². The maximum atomic E-state index is 13.4. The first-order valence-corrected chi connectivity index (χ1v) is 13.4. The van der Waals surface area contributed by atoms with Crippen LogP contribution in [0.1, 0.15) is 10.4 Å². The summed E-state index contributed by atoms with van der Waals surface area (Å²) in [5, 5.41) is 3.42. The lowest BCUT2D eigenvalue weighted by Gasteiger charge is -2.23. The molecule has 0 saturated heterocycles. The highest BCUT2D eigenvalue weighted by Crippen LogP contribution is 2.48. The number of nitrogens with zero attached hydrogens (tertiary/aromatic N) is 2. The summed E-state index contributed by atoms with van der Waals surface area (Å²) >= 11 is 6.54. The molecule has 5 aromatic rings. The number of aromatic nitrogens is 2. The Labute approximate surface area is 249 Å². The van der Waals surface area contributed by atoms with Gasteiger partial charge in [0.15, 0.2) is 11.5 Å². The zero-order valence-corrected chi connectivity index (χ0v) is 23.6. The molecule has 0 atom stereocenters. The van der Waals surface area contributed by atoms with Crippen LogP contribution in [0.5, 0.6) is 34.5 Å². The molecule has 0 bridgehead atoms. The van der Waals surface area contributed by atoms with Gasteiger partial charge in [0.05, 0.1) is 35.8 Å². The Morgan fingerprint density at radius 1 is 0.953 bits per heavy atom. The maximum Gasteiger partial charge on any atom is 0.271 e. The van der Waals surface area contributed by atoms with Crippen LogP contribution in [0, 0.1) is 5.82 Å². The van der Waals surface area contributed by atoms with Crippen molar-refractivity contribution < 1.29 is 32.9 Å². The Morgan fingerprint density at radius 3 is 2.42 bits per heavy atom. The number of hydrogen-bond acceptors (Lipinski definition) is 8. The number of anilines is 1. The van der Waals surface area contributed by atoms with Crippen molar-refractivity contribution in [3.8, 4) is 40.2 Å². The molecule has 43 heavy (non-hydrogen) atoms. The number of fused-ring (bicyclic) bond motifs is 3. The van der Waals surface area contributed by atoms with E-state index in [1.807, 2.05) is 0 Å². The number of halogens is 2. The van der Waals surface area contributed by atoms with Gasteiger partial charge in [-0.1, -0.05) is 11.6 Å². The van der Waals surface area contributed by atoms with Crippen LogP contribution in [0.4, 0.5) is 10.1 Å². The second kappa shape index (κ2) is 11.5. The molecule has 1 aliphatic rings. The van der Waals surface area contributed by atoms with E-state index in [9.17, 15) is 14.0 Å². The van der Waals surface area contributed by atoms with Crippen molar-refractivity contribution in [1.29, 1.82) is 0 Å². The van der Waals surface area contributed by atoms with Gasteiger partial charge in [-0.2, -0.15) is 0 Å². The number of methoxy groups -OCH3 is 2. The zero-order valence-electron chi connectivity index (χ0n) is 22.9. The van der Waals surface area contributed by atoms with Crippen LogP contribution in [0.3, 0.4) is 0 Å². The normalized spacial score (nSPS) is 12.1. The first-order chi connectivity index (χ1) is 20.9. The van der Waals surface area contributed by atoms with E-state index in [0.717, 1.165) is 0 Å². The Morgan fingerprint density at radius 2 is 1.70 bits per heavy atom. The predicted octanol–water partition coefficient (Wildman–Crippen LogP) is 6.01. The number of amides is 1. The first kappa shape index (κ1) is 27.9. The number of ether oxygens (including phenoxy) is 5. The summed E-state index contributed by atoms with van der Waals surface area (Å²) in [6.45, 7) is 0.730. The third-order valence-corrected chi connectivity index (χ3v) is 7.00. The van der Waals surface area contributed by atoms with Crippen molar-refractivity contribution in [2.45, 2.75) is 0 Å². The van der Waals surface area contributed by atoms with Crippen molar-refractivity contribution in [3.63, 3.8) is 0 Å². The van der Waals surface area contributed by atoms with Crippen molar-refractivity contribution in [2.75, 3.05) is 32.8 Å². The molecule has 0 spiro atoms. The Hall–Kier alpha value is -5.29. The second-order valence-electron chi connectivity index (χ2n) is 9.25. The van der Waals surface area contributed by atoms with Crippen molar-refractivity contribution in [3.05, 3.63) is 99.8 Å². The summed E-state index contributed by atoms with van der Waals surface area (Å²) in [6.07, 6.45) is 3.03. The van der Waals surface area contributed by atoms with Crippen molar-refractivity contribution in [1.82, 2.24) is 9.55 Å². The standard InChI is InChI=1S/C31H23ClFN3O7/c1-39-23-10-12-36(18-5-3-17(33)4-6-18)31(38)27(23)30(37)35-21-8-7-19(15-20(21)32)43-24-9-11-34-22-16-25(40-2)28-29(26(22)24)42-14-13-41-28/h3-12,15-16H,13-14H2,1-2H3,(H,35,37). The highest BCUT2D eigenvalue weighted by atomic mass is 35.5. The third-order valence-electron chi connectivity index (χ3n) is 6.69. The molecule has 0 aliphatic carbocycles. The van der Waals surface area contributed by atoms with E-state index < -0.39 is 17.3 Å². The summed E-state index contributed by atoms with van der Waals surface area (Å²) < 4.78 is 43.2. The lowest BCUT2D eigenvalue weighted by atomic mass is 10.1. The number of hydrogen-bond donors (Lipinski definition) is 1. The second-order valence-corrected chi connectivity index (χ2v) is 9.65. The van der Waals surface area contributed by atoms with Crippen molar-refractivity contribution in [2.24, 2.45) is 0 Å². The van der Waals surface area contributed by atoms with Gasteiger partial charge in [0, 0.05) is 30.2 Å². The topological polar surface area (TPSA) is 110 Å². The molecule has 0 radical (unpaired) electrons. The molecule has 1 amide bonds. The van der Waals surface area contributed by atoms with E-state index in [1.54, 1.807) is 30.5 Å². The van der Waals surface area contributed by atoms with Gasteiger partial charge in [0.1, 0.15) is 41.8 Å². The van der Waals surface area contributed by atoms with Crippen LogP contribution in [-0.4, -0.2) is 42.9 Å². The largest absolute Gasteiger partial charge is 0.496 e. The van der Waals surface area contributed by atoms with E-state index in [4.69, 9.17) is 35.3 Å². The highest BCUT2D eigenvalue weighted by molar-refractivity contribution is 6.34. The minimum atomic E-state index is -0.744. The van der Waals surface area contributed by atoms with Gasteiger partial charge in [0.2, 0.25) is 5.75 Å². The quantitative estimate of drug-likeness (QED) is 0.241. The van der Waals surface area contributed by atoms with E-state index >= 15 is 0 Å². The molecule has 12 heteroatoms. The Bertz CT molecular complexity index is 1930. The lowest BCUT2D eigenvalue weighted by molar-refractivity contribution is 0.102. The SMILES string of the molecule is COc1cc2nccc(Oc3ccc(NC(=O)c4c(OC)ccn(-c5ccc(F)cc5)c4=O)c(Cl)c3)c2c2c1OCCO2. The molecule has 218 valence electrons. The molecule has 3 aromatic carbocycles. The van der Waals surface area contributed by atoms with Gasteiger partial charge in [-0.15, -0.1) is 0 Å². The molecule has 0 fully saturated rings. The molecule has 0 unspecified atom stereocenters. The van der Waals surface area contributed by atoms with Crippen LogP contribution in [0.25, 0.3) is 16.6 Å². The molecule has 1 N–H and O–H groups in total. The van der Waals surface area contributed by atoms with Gasteiger partial charge in [-0.3, -0.25) is 19.1 Å². The summed E-state index contributed by atoms with van der Waals surface area (Å²) in [5.74, 6) is 1.09. The minimum absolute atomic E-state index is 0.0627. The number of carbonyl (C=O) groups excluding carboxylic acids is 1. The van der Waals surface area contributed by atoms with Gasteiger partial charge < -0.3 is 29.0 Å². The van der Waals surface area contributed by atoms with Crippen LogP contribution in [0.15, 0.2) is 77.9 Å². The average molecular weight is 604 g/mol. The predicted molar refractivity (Wildman–Crippen MR) is 157 cm³/mol. The van der Waals surface area contributed by atoms with E-state index in [1.165, 1.54) is 61.4 Å². The molecule has 1 aliphatic heterocycles. The van der Waals surface area contributed by atoms with Crippen LogP contribution < -0.4 is 34.6 Å². The van der Waals surface area contributed by atoms with E-state index in [2.05, 4.69) is 10.3 Å². The Balaban J connectivity index is 1.29. The van der Waals surface area contributed by atoms with Gasteiger partial charge >= 0.3 is 0 Å². The molecular weight excluding hydrogens is 581 g/mol. The summed E-state index contributed by atoms with van der Waals surface area (Å²) in [6, 6.07) is 14.9. The van der Waals surface area contributed by atoms with Gasteiger partial charge in [-0.25, -0.2) is 4.39 Å². The smallest absolute Gasteiger partial charge is 0.271 e. The molecule has 2 aromatic heterocycles. The zero-order chi connectivity index (χ0) is 30.1. The summed E-state index contributed by atoms with van der Waals surface area (Å²) in [7, 11) is 2.89. The first-order valence-electron chi connectivity index (χ1n) is 13.0. The number of pyridine rings is 2. The number of rotatable bonds is 7. The summed E-state index contributed by atoms with van der Waals surface area (Å²) in [4.78, 5) is 31.0. The Kier molecular flexibility index (Phi) is 7.47. The van der Waals surface area contributed by atoms with Crippen molar-refractivity contribution >= 4 is 34.1 Å². The molecular formula is C31H23ClFN3O7. The van der Waals surface area contributed by atoms with Crippen LogP contribution in [-0.2, 0) is 0 Å². The average Bonchev–Trinajstić information content (AvgIpc) is 3.02. The highest BCUT2D eigenvalue weighted by Gasteiger charge is 2.25.